The van der Waals surface area contributed by atoms with Crippen LogP contribution in [0.5, 0.6) is 11.5 Å². The third-order valence-corrected chi connectivity index (χ3v) is 3.51. The van der Waals surface area contributed by atoms with Gasteiger partial charge in [-0.05, 0) is 24.3 Å². The third-order valence-electron chi connectivity index (χ3n) is 3.01. The fraction of sp³-hybridized carbons (Fsp3) is 0.125. The van der Waals surface area contributed by atoms with Crippen molar-refractivity contribution in [1.29, 1.82) is 0 Å². The molecule has 0 unspecified atom stereocenters. The molecule has 3 aromatic rings. The Bertz CT molecular complexity index is 841. The number of rotatable bonds is 7. The van der Waals surface area contributed by atoms with Crippen molar-refractivity contribution in [1.82, 2.24) is 19.9 Å². The van der Waals surface area contributed by atoms with Gasteiger partial charge < -0.3 is 9.47 Å². The lowest BCUT2D eigenvalue weighted by Crippen LogP contribution is -2.10. The Balaban J connectivity index is 1.67. The van der Waals surface area contributed by atoms with Gasteiger partial charge in [0, 0.05) is 16.8 Å². The molecule has 0 aliphatic heterocycles. The maximum atomic E-state index is 6.24. The van der Waals surface area contributed by atoms with Gasteiger partial charge in [-0.2, -0.15) is 5.10 Å². The van der Waals surface area contributed by atoms with Crippen LogP contribution in [0.3, 0.4) is 0 Å². The van der Waals surface area contributed by atoms with Crippen molar-refractivity contribution in [2.24, 2.45) is 5.10 Å². The van der Waals surface area contributed by atoms with Gasteiger partial charge in [0.1, 0.15) is 37.4 Å². The van der Waals surface area contributed by atoms with E-state index < -0.39 is 0 Å². The average molecular weight is 378 g/mol. The number of nitrogens with zero attached hydrogens (tertiary/aromatic N) is 5. The van der Waals surface area contributed by atoms with Crippen molar-refractivity contribution in [3.8, 4) is 11.5 Å². The van der Waals surface area contributed by atoms with Gasteiger partial charge in [0.15, 0.2) is 0 Å². The Hall–Kier alpha value is -2.64. The first-order valence-electron chi connectivity index (χ1n) is 7.26. The number of halogens is 2. The van der Waals surface area contributed by atoms with Crippen molar-refractivity contribution in [2.75, 3.05) is 13.2 Å². The smallest absolute Gasteiger partial charge is 0.147 e. The Labute approximate surface area is 153 Å². The molecule has 0 saturated carbocycles. The van der Waals surface area contributed by atoms with Crippen LogP contribution in [-0.2, 0) is 0 Å². The van der Waals surface area contributed by atoms with Gasteiger partial charge in [-0.1, -0.05) is 23.2 Å². The number of benzene rings is 1. The van der Waals surface area contributed by atoms with Crippen LogP contribution in [0.1, 0.15) is 5.56 Å². The van der Waals surface area contributed by atoms with Crippen molar-refractivity contribution in [3.05, 3.63) is 64.9 Å². The summed E-state index contributed by atoms with van der Waals surface area (Å²) in [5, 5.41) is 12.4. The molecule has 0 aliphatic carbocycles. The van der Waals surface area contributed by atoms with Crippen LogP contribution in [0.2, 0.25) is 10.0 Å². The van der Waals surface area contributed by atoms with E-state index in [1.165, 1.54) is 17.3 Å². The van der Waals surface area contributed by atoms with Gasteiger partial charge in [-0.3, -0.25) is 4.98 Å². The highest BCUT2D eigenvalue weighted by Crippen LogP contribution is 2.31. The van der Waals surface area contributed by atoms with E-state index in [-0.39, 0.29) is 0 Å². The van der Waals surface area contributed by atoms with E-state index in [1.54, 1.807) is 36.8 Å². The van der Waals surface area contributed by atoms with Crippen LogP contribution in [0.15, 0.2) is 54.4 Å². The molecule has 2 heterocycles. The highest BCUT2D eigenvalue weighted by molar-refractivity contribution is 6.36. The SMILES string of the molecule is Clc1cc(Cl)c(OCCOc2cccnc2)c(/C=N/n2cnnc2)c1. The molecule has 0 spiro atoms. The molecule has 0 fully saturated rings. The predicted octanol–water partition coefficient (Wildman–Crippen LogP) is 3.32. The number of aromatic nitrogens is 4. The van der Waals surface area contributed by atoms with Gasteiger partial charge in [0.25, 0.3) is 0 Å². The Morgan fingerprint density at radius 3 is 2.68 bits per heavy atom. The van der Waals surface area contributed by atoms with E-state index >= 15 is 0 Å². The number of ether oxygens (including phenoxy) is 2. The minimum Gasteiger partial charge on any atom is -0.488 e. The maximum absolute atomic E-state index is 6.24. The zero-order valence-electron chi connectivity index (χ0n) is 12.9. The summed E-state index contributed by atoms with van der Waals surface area (Å²) in [5.74, 6) is 1.14. The molecular weight excluding hydrogens is 365 g/mol. The molecule has 25 heavy (non-hydrogen) atoms. The maximum Gasteiger partial charge on any atom is 0.147 e. The molecule has 0 atom stereocenters. The molecule has 0 saturated heterocycles. The molecule has 0 aliphatic rings. The highest BCUT2D eigenvalue weighted by atomic mass is 35.5. The normalized spacial score (nSPS) is 11.0. The molecule has 9 heteroatoms. The van der Waals surface area contributed by atoms with Crippen LogP contribution in [-0.4, -0.2) is 39.3 Å². The quantitative estimate of drug-likeness (QED) is 0.466. The van der Waals surface area contributed by atoms with Crippen molar-refractivity contribution < 1.29 is 9.47 Å². The summed E-state index contributed by atoms with van der Waals surface area (Å²) in [6.45, 7) is 0.635. The van der Waals surface area contributed by atoms with E-state index in [0.717, 1.165) is 0 Å². The minimum absolute atomic E-state index is 0.295. The van der Waals surface area contributed by atoms with Gasteiger partial charge in [0.2, 0.25) is 0 Å². The van der Waals surface area contributed by atoms with E-state index in [4.69, 9.17) is 32.7 Å². The summed E-state index contributed by atoms with van der Waals surface area (Å²) in [4.78, 5) is 3.98. The van der Waals surface area contributed by atoms with E-state index in [1.807, 2.05) is 6.07 Å². The van der Waals surface area contributed by atoms with E-state index in [9.17, 15) is 0 Å². The summed E-state index contributed by atoms with van der Waals surface area (Å²) >= 11 is 12.3. The number of hydrogen-bond donors (Lipinski definition) is 0. The zero-order valence-corrected chi connectivity index (χ0v) is 14.4. The predicted molar refractivity (Wildman–Crippen MR) is 94.7 cm³/mol. The molecule has 7 nitrogen and oxygen atoms in total. The summed E-state index contributed by atoms with van der Waals surface area (Å²) in [6.07, 6.45) is 7.80. The van der Waals surface area contributed by atoms with Crippen molar-refractivity contribution >= 4 is 29.4 Å². The molecule has 0 radical (unpaired) electrons. The first-order valence-corrected chi connectivity index (χ1v) is 8.01. The zero-order chi connectivity index (χ0) is 17.5. The highest BCUT2D eigenvalue weighted by Gasteiger charge is 2.10. The molecule has 0 amide bonds. The molecule has 2 aromatic heterocycles. The summed E-state index contributed by atoms with van der Waals surface area (Å²) in [7, 11) is 0. The average Bonchev–Trinajstić information content (AvgIpc) is 3.12. The minimum atomic E-state index is 0.295. The van der Waals surface area contributed by atoms with E-state index in [2.05, 4.69) is 20.3 Å². The second kappa shape index (κ2) is 8.46. The largest absolute Gasteiger partial charge is 0.488 e. The van der Waals surface area contributed by atoms with Gasteiger partial charge >= 0.3 is 0 Å². The molecule has 3 rings (SSSR count). The van der Waals surface area contributed by atoms with Crippen molar-refractivity contribution in [2.45, 2.75) is 0 Å². The molecule has 1 aromatic carbocycles. The Morgan fingerprint density at radius 1 is 1.12 bits per heavy atom. The fourth-order valence-corrected chi connectivity index (χ4v) is 2.51. The summed E-state index contributed by atoms with van der Waals surface area (Å²) in [6, 6.07) is 6.93. The van der Waals surface area contributed by atoms with E-state index in [0.29, 0.717) is 40.3 Å². The van der Waals surface area contributed by atoms with Crippen LogP contribution in [0, 0.1) is 0 Å². The number of pyridine rings is 1. The van der Waals surface area contributed by atoms with Crippen LogP contribution in [0.4, 0.5) is 0 Å². The topological polar surface area (TPSA) is 74.4 Å². The van der Waals surface area contributed by atoms with Gasteiger partial charge in [-0.25, -0.2) is 4.68 Å². The Morgan fingerprint density at radius 2 is 1.92 bits per heavy atom. The monoisotopic (exact) mass is 377 g/mol. The summed E-state index contributed by atoms with van der Waals surface area (Å²) in [5.41, 5.74) is 0.632. The van der Waals surface area contributed by atoms with Crippen molar-refractivity contribution in [3.63, 3.8) is 0 Å². The summed E-state index contributed by atoms with van der Waals surface area (Å²) < 4.78 is 12.7. The Kier molecular flexibility index (Phi) is 5.81. The van der Waals surface area contributed by atoms with Crippen LogP contribution in [0.25, 0.3) is 0 Å². The number of hydrogen-bond acceptors (Lipinski definition) is 6. The standard InChI is InChI=1S/C16H13Cl2N5O2/c17-13-6-12(8-22-23-10-20-21-11-23)16(15(18)7-13)25-5-4-24-14-2-1-3-19-9-14/h1-3,6-11H,4-5H2/b22-8+. The molecular formula is C16H13Cl2N5O2. The van der Waals surface area contributed by atoms with Gasteiger partial charge in [0.05, 0.1) is 17.4 Å². The lowest BCUT2D eigenvalue weighted by Gasteiger charge is -2.12. The third kappa shape index (κ3) is 4.91. The second-order valence-corrected chi connectivity index (χ2v) is 5.62. The fourth-order valence-electron chi connectivity index (χ4n) is 1.95. The molecule has 128 valence electrons. The first kappa shape index (κ1) is 17.2. The molecule has 0 N–H and O–H groups in total. The van der Waals surface area contributed by atoms with Crippen LogP contribution >= 0.6 is 23.2 Å². The van der Waals surface area contributed by atoms with Gasteiger partial charge in [-0.15, -0.1) is 10.2 Å². The second-order valence-electron chi connectivity index (χ2n) is 4.78. The first-order chi connectivity index (χ1) is 12.2. The van der Waals surface area contributed by atoms with Crippen LogP contribution < -0.4 is 9.47 Å². The lowest BCUT2D eigenvalue weighted by molar-refractivity contribution is 0.216. The lowest BCUT2D eigenvalue weighted by atomic mass is 10.2. The molecule has 0 bridgehead atoms.